The lowest BCUT2D eigenvalue weighted by molar-refractivity contribution is 0.0725. The van der Waals surface area contributed by atoms with Gasteiger partial charge in [-0.15, -0.1) is 0 Å². The van der Waals surface area contributed by atoms with Crippen molar-refractivity contribution in [1.82, 2.24) is 0 Å². The van der Waals surface area contributed by atoms with Gasteiger partial charge in [0.25, 0.3) is 0 Å². The van der Waals surface area contributed by atoms with Gasteiger partial charge in [-0.1, -0.05) is 69.4 Å². The Kier molecular flexibility index (Phi) is 6.56. The summed E-state index contributed by atoms with van der Waals surface area (Å²) >= 11 is 0. The number of ketones is 1. The number of carbonyl (C=O) groups excluding carboxylic acids is 1. The van der Waals surface area contributed by atoms with Crippen LogP contribution in [-0.4, -0.2) is 17.0 Å². The molecule has 0 saturated carbocycles. The Labute approximate surface area is 104 Å². The van der Waals surface area contributed by atoms with E-state index in [0.29, 0.717) is 12.0 Å². The standard InChI is InChI=1S/C15H22O2/c1-2-3-4-5-9-12-14(16)15(17)13-10-7-6-8-11-13/h6-8,10-11,14,16H,2-5,9,12H2,1H3. The molecule has 0 heterocycles. The normalized spacial score (nSPS) is 12.4. The molecule has 0 spiro atoms. The van der Waals surface area contributed by atoms with Crippen molar-refractivity contribution in [2.24, 2.45) is 0 Å². The minimum atomic E-state index is -0.834. The predicted octanol–water partition coefficient (Wildman–Crippen LogP) is 3.59. The minimum Gasteiger partial charge on any atom is -0.385 e. The third-order valence-corrected chi connectivity index (χ3v) is 2.94. The van der Waals surface area contributed by atoms with Crippen LogP contribution in [0.5, 0.6) is 0 Å². The fourth-order valence-electron chi connectivity index (χ4n) is 1.87. The van der Waals surface area contributed by atoms with Crippen molar-refractivity contribution < 1.29 is 9.90 Å². The van der Waals surface area contributed by atoms with Gasteiger partial charge in [-0.3, -0.25) is 4.79 Å². The molecule has 1 aromatic carbocycles. The van der Waals surface area contributed by atoms with E-state index in [2.05, 4.69) is 6.92 Å². The number of rotatable bonds is 8. The molecular weight excluding hydrogens is 212 g/mol. The summed E-state index contributed by atoms with van der Waals surface area (Å²) in [6, 6.07) is 9.02. The summed E-state index contributed by atoms with van der Waals surface area (Å²) in [5.41, 5.74) is 0.605. The van der Waals surface area contributed by atoms with E-state index in [1.807, 2.05) is 18.2 Å². The highest BCUT2D eigenvalue weighted by Crippen LogP contribution is 2.11. The summed E-state index contributed by atoms with van der Waals surface area (Å²) in [7, 11) is 0. The topological polar surface area (TPSA) is 37.3 Å². The summed E-state index contributed by atoms with van der Waals surface area (Å²) in [6.45, 7) is 2.17. The Balaban J connectivity index is 2.28. The van der Waals surface area contributed by atoms with Crippen molar-refractivity contribution in [3.05, 3.63) is 35.9 Å². The number of aliphatic hydroxyl groups excluding tert-OH is 1. The average Bonchev–Trinajstić information content (AvgIpc) is 2.38. The Morgan fingerprint density at radius 1 is 1.12 bits per heavy atom. The van der Waals surface area contributed by atoms with Crippen LogP contribution in [0.4, 0.5) is 0 Å². The van der Waals surface area contributed by atoms with Crippen molar-refractivity contribution >= 4 is 5.78 Å². The molecule has 1 unspecified atom stereocenters. The fraction of sp³-hybridized carbons (Fsp3) is 0.533. The summed E-state index contributed by atoms with van der Waals surface area (Å²) in [6.07, 6.45) is 5.43. The van der Waals surface area contributed by atoms with E-state index in [1.165, 1.54) is 19.3 Å². The van der Waals surface area contributed by atoms with E-state index in [4.69, 9.17) is 0 Å². The molecule has 0 aliphatic rings. The third kappa shape index (κ3) is 5.14. The van der Waals surface area contributed by atoms with Gasteiger partial charge in [-0.2, -0.15) is 0 Å². The van der Waals surface area contributed by atoms with Gasteiger partial charge in [0.1, 0.15) is 6.10 Å². The molecule has 0 aromatic heterocycles. The van der Waals surface area contributed by atoms with E-state index in [-0.39, 0.29) is 5.78 Å². The third-order valence-electron chi connectivity index (χ3n) is 2.94. The highest BCUT2D eigenvalue weighted by atomic mass is 16.3. The maximum atomic E-state index is 11.8. The molecule has 1 atom stereocenters. The van der Waals surface area contributed by atoms with Crippen molar-refractivity contribution in [2.75, 3.05) is 0 Å². The zero-order valence-electron chi connectivity index (χ0n) is 10.6. The average molecular weight is 234 g/mol. The molecule has 0 radical (unpaired) electrons. The van der Waals surface area contributed by atoms with Gasteiger partial charge in [0.2, 0.25) is 0 Å². The largest absolute Gasteiger partial charge is 0.385 e. The second-order valence-corrected chi connectivity index (χ2v) is 4.45. The van der Waals surface area contributed by atoms with E-state index >= 15 is 0 Å². The maximum Gasteiger partial charge on any atom is 0.191 e. The van der Waals surface area contributed by atoms with E-state index in [9.17, 15) is 9.90 Å². The maximum absolute atomic E-state index is 11.8. The summed E-state index contributed by atoms with van der Waals surface area (Å²) in [5.74, 6) is -0.152. The van der Waals surface area contributed by atoms with Crippen molar-refractivity contribution in [2.45, 2.75) is 51.6 Å². The molecule has 1 rings (SSSR count). The first-order valence-corrected chi connectivity index (χ1v) is 6.53. The number of hydrogen-bond donors (Lipinski definition) is 1. The van der Waals surface area contributed by atoms with Crippen LogP contribution in [0, 0.1) is 0 Å². The Morgan fingerprint density at radius 2 is 1.76 bits per heavy atom. The monoisotopic (exact) mass is 234 g/mol. The Bertz CT molecular complexity index is 319. The highest BCUT2D eigenvalue weighted by molar-refractivity contribution is 5.99. The lowest BCUT2D eigenvalue weighted by atomic mass is 10.0. The van der Waals surface area contributed by atoms with Gasteiger partial charge in [0.15, 0.2) is 5.78 Å². The Hall–Kier alpha value is -1.15. The number of unbranched alkanes of at least 4 members (excludes halogenated alkanes) is 4. The van der Waals surface area contributed by atoms with Crippen LogP contribution in [0.1, 0.15) is 55.8 Å². The van der Waals surface area contributed by atoms with Gasteiger partial charge < -0.3 is 5.11 Å². The number of carbonyl (C=O) groups is 1. The fourth-order valence-corrected chi connectivity index (χ4v) is 1.87. The lowest BCUT2D eigenvalue weighted by Crippen LogP contribution is -2.20. The van der Waals surface area contributed by atoms with Gasteiger partial charge in [-0.05, 0) is 6.42 Å². The summed E-state index contributed by atoms with van der Waals surface area (Å²) < 4.78 is 0. The first kappa shape index (κ1) is 13.9. The van der Waals surface area contributed by atoms with Crippen LogP contribution in [0.3, 0.4) is 0 Å². The molecule has 17 heavy (non-hydrogen) atoms. The summed E-state index contributed by atoms with van der Waals surface area (Å²) in [5, 5.41) is 9.78. The van der Waals surface area contributed by atoms with Crippen LogP contribution >= 0.6 is 0 Å². The first-order chi connectivity index (χ1) is 8.25. The van der Waals surface area contributed by atoms with Crippen LogP contribution < -0.4 is 0 Å². The predicted molar refractivity (Wildman–Crippen MR) is 70.2 cm³/mol. The molecule has 2 nitrogen and oxygen atoms in total. The van der Waals surface area contributed by atoms with Gasteiger partial charge in [0.05, 0.1) is 0 Å². The van der Waals surface area contributed by atoms with Crippen molar-refractivity contribution in [3.63, 3.8) is 0 Å². The molecule has 0 aliphatic heterocycles. The number of hydrogen-bond acceptors (Lipinski definition) is 2. The molecule has 0 amide bonds. The zero-order chi connectivity index (χ0) is 12.5. The highest BCUT2D eigenvalue weighted by Gasteiger charge is 2.15. The molecule has 0 fully saturated rings. The van der Waals surface area contributed by atoms with Crippen LogP contribution in [-0.2, 0) is 0 Å². The van der Waals surface area contributed by atoms with Crippen LogP contribution in [0.2, 0.25) is 0 Å². The second-order valence-electron chi connectivity index (χ2n) is 4.45. The smallest absolute Gasteiger partial charge is 0.191 e. The summed E-state index contributed by atoms with van der Waals surface area (Å²) in [4.78, 5) is 11.8. The van der Waals surface area contributed by atoms with Crippen LogP contribution in [0.25, 0.3) is 0 Å². The first-order valence-electron chi connectivity index (χ1n) is 6.53. The van der Waals surface area contributed by atoms with E-state index in [1.54, 1.807) is 12.1 Å². The molecule has 0 bridgehead atoms. The number of aliphatic hydroxyl groups is 1. The molecule has 94 valence electrons. The van der Waals surface area contributed by atoms with Gasteiger partial charge in [-0.25, -0.2) is 0 Å². The molecular formula is C15H22O2. The molecule has 2 heteroatoms. The van der Waals surface area contributed by atoms with E-state index in [0.717, 1.165) is 12.8 Å². The SMILES string of the molecule is CCCCCCCC(O)C(=O)c1ccccc1. The number of Topliss-reactive ketones (excluding diaryl/α,β-unsaturated/α-hetero) is 1. The van der Waals surface area contributed by atoms with Crippen molar-refractivity contribution in [1.29, 1.82) is 0 Å². The molecule has 1 N–H and O–H groups in total. The van der Waals surface area contributed by atoms with Crippen LogP contribution in [0.15, 0.2) is 30.3 Å². The minimum absolute atomic E-state index is 0.152. The van der Waals surface area contributed by atoms with Crippen molar-refractivity contribution in [3.8, 4) is 0 Å². The molecule has 0 aliphatic carbocycles. The van der Waals surface area contributed by atoms with Gasteiger partial charge in [0, 0.05) is 5.56 Å². The van der Waals surface area contributed by atoms with Gasteiger partial charge >= 0.3 is 0 Å². The Morgan fingerprint density at radius 3 is 2.41 bits per heavy atom. The molecule has 0 saturated heterocycles. The zero-order valence-corrected chi connectivity index (χ0v) is 10.6. The number of benzene rings is 1. The quantitative estimate of drug-likeness (QED) is 0.551. The molecule has 1 aromatic rings. The lowest BCUT2D eigenvalue weighted by Gasteiger charge is -2.09. The second kappa shape index (κ2) is 8.02. The van der Waals surface area contributed by atoms with E-state index < -0.39 is 6.10 Å².